The second kappa shape index (κ2) is 11.3. The molecule has 6 nitrogen and oxygen atoms in total. The normalized spacial score (nSPS) is 13.8. The minimum Gasteiger partial charge on any atom is -0.444 e. The van der Waals surface area contributed by atoms with Crippen LogP contribution < -0.4 is 16.0 Å². The van der Waals surface area contributed by atoms with Crippen molar-refractivity contribution < 1.29 is 14.3 Å². The van der Waals surface area contributed by atoms with Crippen LogP contribution in [0.25, 0.3) is 0 Å². The monoisotopic (exact) mass is 341 g/mol. The van der Waals surface area contributed by atoms with Crippen molar-refractivity contribution in [1.29, 1.82) is 0 Å². The number of unbranched alkanes of at least 4 members (excludes halogenated alkanes) is 1. The van der Waals surface area contributed by atoms with Crippen LogP contribution >= 0.6 is 0 Å². The van der Waals surface area contributed by atoms with Gasteiger partial charge in [0.15, 0.2) is 6.71 Å². The van der Waals surface area contributed by atoms with Gasteiger partial charge in [0.2, 0.25) is 5.91 Å². The van der Waals surface area contributed by atoms with Gasteiger partial charge in [0.1, 0.15) is 5.60 Å². The Bertz CT molecular complexity index is 384. The first-order valence-electron chi connectivity index (χ1n) is 9.07. The van der Waals surface area contributed by atoms with Gasteiger partial charge in [-0.25, -0.2) is 4.79 Å². The number of hydrogen-bond acceptors (Lipinski definition) is 4. The molecule has 0 heterocycles. The molecule has 0 aliphatic heterocycles. The highest BCUT2D eigenvalue weighted by Gasteiger charge is 2.21. The second-order valence-electron chi connectivity index (χ2n) is 7.58. The lowest BCUT2D eigenvalue weighted by Crippen LogP contribution is -2.50. The fourth-order valence-electron chi connectivity index (χ4n) is 2.04. The predicted molar refractivity (Wildman–Crippen MR) is 101 cm³/mol. The van der Waals surface area contributed by atoms with Crippen molar-refractivity contribution >= 4 is 18.7 Å². The number of alkyl carbamates (subject to hydrolysis) is 1. The zero-order valence-electron chi connectivity index (χ0n) is 16.5. The standard InChI is InChI=1S/C17H36BN3O3/c1-8-19-14(15(22)21-13(2)18(6)7)11-9-10-12-20-16(23)24-17(3,4)5/h13-14,19H,8-12H2,1-7H3,(H,20,23)(H,21,22)/t13?,14-/m0/s1. The van der Waals surface area contributed by atoms with E-state index < -0.39 is 11.7 Å². The molecule has 0 aliphatic carbocycles. The summed E-state index contributed by atoms with van der Waals surface area (Å²) < 4.78 is 5.18. The van der Waals surface area contributed by atoms with E-state index in [0.29, 0.717) is 13.3 Å². The van der Waals surface area contributed by atoms with E-state index in [4.69, 9.17) is 4.74 Å². The molecule has 2 amide bonds. The summed E-state index contributed by atoms with van der Waals surface area (Å²) in [5.74, 6) is 0.214. The minimum atomic E-state index is -0.481. The first-order chi connectivity index (χ1) is 11.1. The highest BCUT2D eigenvalue weighted by Crippen LogP contribution is 2.07. The third-order valence-electron chi connectivity index (χ3n) is 3.72. The summed E-state index contributed by atoms with van der Waals surface area (Å²) in [6.07, 6.45) is 2.03. The topological polar surface area (TPSA) is 79.5 Å². The van der Waals surface area contributed by atoms with E-state index in [2.05, 4.69) is 29.6 Å². The van der Waals surface area contributed by atoms with E-state index in [1.807, 2.05) is 34.6 Å². The van der Waals surface area contributed by atoms with Gasteiger partial charge < -0.3 is 20.7 Å². The quantitative estimate of drug-likeness (QED) is 0.421. The molecule has 0 radical (unpaired) electrons. The van der Waals surface area contributed by atoms with Crippen LogP contribution in [0.5, 0.6) is 0 Å². The number of carbonyl (C=O) groups is 2. The average Bonchev–Trinajstić information content (AvgIpc) is 2.43. The third-order valence-corrected chi connectivity index (χ3v) is 3.72. The average molecular weight is 341 g/mol. The van der Waals surface area contributed by atoms with Crippen LogP contribution in [0.15, 0.2) is 0 Å². The zero-order valence-corrected chi connectivity index (χ0v) is 16.5. The number of ether oxygens (including phenoxy) is 1. The van der Waals surface area contributed by atoms with Crippen molar-refractivity contribution in [3.05, 3.63) is 0 Å². The molecule has 24 heavy (non-hydrogen) atoms. The summed E-state index contributed by atoms with van der Waals surface area (Å²) in [5, 5.41) is 9.03. The van der Waals surface area contributed by atoms with Gasteiger partial charge in [0.25, 0.3) is 0 Å². The lowest BCUT2D eigenvalue weighted by molar-refractivity contribution is -0.123. The summed E-state index contributed by atoms with van der Waals surface area (Å²) in [7, 11) is 0. The molecule has 0 aromatic heterocycles. The van der Waals surface area contributed by atoms with E-state index in [0.717, 1.165) is 25.8 Å². The summed E-state index contributed by atoms with van der Waals surface area (Å²) in [6.45, 7) is 15.4. The van der Waals surface area contributed by atoms with Crippen LogP contribution in [0, 0.1) is 0 Å². The van der Waals surface area contributed by atoms with Crippen molar-refractivity contribution in [3.63, 3.8) is 0 Å². The van der Waals surface area contributed by atoms with Crippen molar-refractivity contribution in [2.24, 2.45) is 0 Å². The van der Waals surface area contributed by atoms with Crippen LogP contribution in [-0.2, 0) is 9.53 Å². The Morgan fingerprint density at radius 1 is 1.17 bits per heavy atom. The van der Waals surface area contributed by atoms with Crippen molar-refractivity contribution in [1.82, 2.24) is 16.0 Å². The van der Waals surface area contributed by atoms with E-state index in [9.17, 15) is 9.59 Å². The number of carbonyl (C=O) groups excluding carboxylic acids is 2. The Balaban J connectivity index is 4.09. The summed E-state index contributed by atoms with van der Waals surface area (Å²) >= 11 is 0. The maximum atomic E-state index is 12.3. The van der Waals surface area contributed by atoms with Gasteiger partial charge in [0, 0.05) is 12.5 Å². The SMILES string of the molecule is CCN[C@@H](CCCCNC(=O)OC(C)(C)C)C(=O)NC(C)B(C)C. The second-order valence-corrected chi connectivity index (χ2v) is 7.58. The lowest BCUT2D eigenvalue weighted by Gasteiger charge is -2.22. The molecule has 0 spiro atoms. The smallest absolute Gasteiger partial charge is 0.407 e. The maximum Gasteiger partial charge on any atom is 0.407 e. The molecule has 3 N–H and O–H groups in total. The molecule has 0 bridgehead atoms. The molecule has 0 saturated heterocycles. The number of likely N-dealkylation sites (N-methyl/N-ethyl adjacent to an activating group) is 1. The van der Waals surface area contributed by atoms with E-state index >= 15 is 0 Å². The summed E-state index contributed by atoms with van der Waals surface area (Å²) in [4.78, 5) is 23.9. The Kier molecular flexibility index (Phi) is 10.8. The van der Waals surface area contributed by atoms with Gasteiger partial charge in [-0.3, -0.25) is 4.79 Å². The van der Waals surface area contributed by atoms with E-state index in [-0.39, 0.29) is 17.9 Å². The highest BCUT2D eigenvalue weighted by atomic mass is 16.6. The highest BCUT2D eigenvalue weighted by molar-refractivity contribution is 6.57. The first-order valence-corrected chi connectivity index (χ1v) is 9.07. The molecule has 1 unspecified atom stereocenters. The zero-order chi connectivity index (χ0) is 18.8. The molecule has 7 heteroatoms. The molecular weight excluding hydrogens is 305 g/mol. The van der Waals surface area contributed by atoms with Gasteiger partial charge in [-0.2, -0.15) is 0 Å². The predicted octanol–water partition coefficient (Wildman–Crippen LogP) is 2.46. The number of hydrogen-bond donors (Lipinski definition) is 3. The van der Waals surface area contributed by atoms with Gasteiger partial charge in [-0.15, -0.1) is 0 Å². The van der Waals surface area contributed by atoms with Crippen LogP contribution in [0.4, 0.5) is 4.79 Å². The lowest BCUT2D eigenvalue weighted by atomic mass is 9.49. The van der Waals surface area contributed by atoms with Gasteiger partial charge in [0.05, 0.1) is 6.04 Å². The van der Waals surface area contributed by atoms with Gasteiger partial charge >= 0.3 is 6.09 Å². The van der Waals surface area contributed by atoms with Crippen molar-refractivity contribution in [3.8, 4) is 0 Å². The van der Waals surface area contributed by atoms with Crippen molar-refractivity contribution in [2.45, 2.75) is 85.1 Å². The molecular formula is C17H36BN3O3. The van der Waals surface area contributed by atoms with Crippen LogP contribution in [0.1, 0.15) is 53.9 Å². The molecule has 0 rings (SSSR count). The first kappa shape index (κ1) is 22.8. The number of nitrogens with one attached hydrogen (secondary N) is 3. The fraction of sp³-hybridized carbons (Fsp3) is 0.882. The molecule has 0 saturated carbocycles. The van der Waals surface area contributed by atoms with Crippen LogP contribution in [0.2, 0.25) is 13.6 Å². The minimum absolute atomic E-state index is 0.0538. The van der Waals surface area contributed by atoms with Crippen LogP contribution in [-0.4, -0.2) is 49.4 Å². The largest absolute Gasteiger partial charge is 0.444 e. The van der Waals surface area contributed by atoms with Crippen molar-refractivity contribution in [2.75, 3.05) is 13.1 Å². The number of rotatable bonds is 10. The molecule has 0 aliphatic rings. The maximum absolute atomic E-state index is 12.3. The Morgan fingerprint density at radius 2 is 1.79 bits per heavy atom. The Labute approximate surface area is 147 Å². The van der Waals surface area contributed by atoms with E-state index in [1.165, 1.54) is 0 Å². The van der Waals surface area contributed by atoms with Gasteiger partial charge in [-0.05, 0) is 46.6 Å². The van der Waals surface area contributed by atoms with Crippen LogP contribution in [0.3, 0.4) is 0 Å². The number of amides is 2. The molecule has 140 valence electrons. The molecule has 0 aromatic carbocycles. The van der Waals surface area contributed by atoms with Gasteiger partial charge in [-0.1, -0.05) is 27.5 Å². The molecule has 0 fully saturated rings. The molecule has 0 aromatic rings. The Hall–Kier alpha value is -1.24. The summed E-state index contributed by atoms with van der Waals surface area (Å²) in [6, 6.07) is -0.183. The van der Waals surface area contributed by atoms with E-state index in [1.54, 1.807) is 0 Å². The fourth-order valence-corrected chi connectivity index (χ4v) is 2.04. The Morgan fingerprint density at radius 3 is 2.29 bits per heavy atom. The third kappa shape index (κ3) is 11.3. The summed E-state index contributed by atoms with van der Waals surface area (Å²) in [5.41, 5.74) is -0.481. The molecule has 2 atom stereocenters.